The average Bonchev–Trinajstić information content (AvgIpc) is 2.13. The maximum atomic E-state index is 10.9. The maximum absolute atomic E-state index is 10.9. The minimum absolute atomic E-state index is 0.162. The number of carbonyl (C=O) groups excluding carboxylic acids is 1. The molecule has 0 bridgehead atoms. The van der Waals surface area contributed by atoms with Crippen LogP contribution < -0.4 is 5.32 Å². The summed E-state index contributed by atoms with van der Waals surface area (Å²) in [6.45, 7) is 4.31. The van der Waals surface area contributed by atoms with Crippen molar-refractivity contribution in [2.45, 2.75) is 25.9 Å². The van der Waals surface area contributed by atoms with E-state index in [4.69, 9.17) is 4.74 Å². The van der Waals surface area contributed by atoms with E-state index in [1.165, 1.54) is 0 Å². The van der Waals surface area contributed by atoms with Crippen LogP contribution in [0.5, 0.6) is 0 Å². The summed E-state index contributed by atoms with van der Waals surface area (Å²) in [5.74, 6) is 0. The largest absolute Gasteiger partial charge is 0.450 e. The Morgan fingerprint density at radius 3 is 2.71 bits per heavy atom. The van der Waals surface area contributed by atoms with Gasteiger partial charge in [0, 0.05) is 26.7 Å². The average molecular weight is 205 g/mol. The molecule has 5 heteroatoms. The molecule has 0 saturated carbocycles. The summed E-state index contributed by atoms with van der Waals surface area (Å²) >= 11 is 0. The molecular weight excluding hydrogens is 186 g/mol. The van der Waals surface area contributed by atoms with Crippen molar-refractivity contribution < 1.29 is 19.4 Å². The number of aliphatic hydroxyl groups is 1. The monoisotopic (exact) mass is 205 g/mol. The van der Waals surface area contributed by atoms with E-state index >= 15 is 0 Å². The van der Waals surface area contributed by atoms with Gasteiger partial charge in [-0.15, -0.1) is 0 Å². The lowest BCUT2D eigenvalue weighted by molar-refractivity contribution is 0.0240. The van der Waals surface area contributed by atoms with Gasteiger partial charge in [0.1, 0.15) is 0 Å². The van der Waals surface area contributed by atoms with E-state index in [2.05, 4.69) is 10.1 Å². The highest BCUT2D eigenvalue weighted by atomic mass is 16.5. The molecule has 0 aromatic rings. The molecule has 0 spiro atoms. The molecule has 0 aromatic carbocycles. The molecule has 1 unspecified atom stereocenters. The highest BCUT2D eigenvalue weighted by Gasteiger charge is 2.20. The molecule has 0 aliphatic heterocycles. The fourth-order valence-electron chi connectivity index (χ4n) is 0.855. The molecule has 1 amide bonds. The lowest BCUT2D eigenvalue weighted by Gasteiger charge is -2.22. The maximum Gasteiger partial charge on any atom is 0.407 e. The van der Waals surface area contributed by atoms with Gasteiger partial charge in [0.25, 0.3) is 0 Å². The van der Waals surface area contributed by atoms with Crippen LogP contribution in [0.4, 0.5) is 4.79 Å². The molecule has 14 heavy (non-hydrogen) atoms. The number of ether oxygens (including phenoxy) is 2. The molecule has 84 valence electrons. The van der Waals surface area contributed by atoms with E-state index in [1.807, 2.05) is 0 Å². The van der Waals surface area contributed by atoms with Crippen LogP contribution in [0.15, 0.2) is 0 Å². The number of amides is 1. The van der Waals surface area contributed by atoms with Crippen LogP contribution in [0.2, 0.25) is 0 Å². The number of hydrogen-bond acceptors (Lipinski definition) is 4. The Morgan fingerprint density at radius 2 is 2.21 bits per heavy atom. The number of methoxy groups -OCH3 is 1. The molecule has 0 heterocycles. The van der Waals surface area contributed by atoms with E-state index in [1.54, 1.807) is 21.0 Å². The lowest BCUT2D eigenvalue weighted by Crippen LogP contribution is -2.41. The van der Waals surface area contributed by atoms with Crippen molar-refractivity contribution in [3.05, 3.63) is 0 Å². The van der Waals surface area contributed by atoms with Crippen molar-refractivity contribution >= 4 is 6.09 Å². The molecule has 0 aromatic heterocycles. The van der Waals surface area contributed by atoms with Crippen LogP contribution in [-0.2, 0) is 9.47 Å². The van der Waals surface area contributed by atoms with Crippen molar-refractivity contribution in [1.82, 2.24) is 5.32 Å². The van der Waals surface area contributed by atoms with E-state index in [0.29, 0.717) is 19.6 Å². The van der Waals surface area contributed by atoms with E-state index in [9.17, 15) is 9.90 Å². The van der Waals surface area contributed by atoms with Gasteiger partial charge in [-0.3, -0.25) is 0 Å². The van der Waals surface area contributed by atoms with Gasteiger partial charge >= 0.3 is 6.09 Å². The summed E-state index contributed by atoms with van der Waals surface area (Å²) < 4.78 is 9.48. The summed E-state index contributed by atoms with van der Waals surface area (Å²) in [6.07, 6.45) is -0.0409. The Bertz CT molecular complexity index is 170. The van der Waals surface area contributed by atoms with Gasteiger partial charge in [-0.05, 0) is 13.8 Å². The summed E-state index contributed by atoms with van der Waals surface area (Å²) in [6, 6.07) is 0. The fourth-order valence-corrected chi connectivity index (χ4v) is 0.855. The topological polar surface area (TPSA) is 67.8 Å². The van der Waals surface area contributed by atoms with Gasteiger partial charge in [0.05, 0.1) is 12.2 Å². The summed E-state index contributed by atoms with van der Waals surface area (Å²) in [5, 5.41) is 12.2. The minimum atomic E-state index is -0.956. The van der Waals surface area contributed by atoms with Crippen LogP contribution in [0.1, 0.15) is 20.3 Å². The second-order valence-electron chi connectivity index (χ2n) is 3.31. The molecule has 2 N–H and O–H groups in total. The molecule has 0 saturated heterocycles. The highest BCUT2D eigenvalue weighted by molar-refractivity contribution is 5.67. The molecule has 0 radical (unpaired) electrons. The third-order valence-electron chi connectivity index (χ3n) is 1.73. The third kappa shape index (κ3) is 6.68. The molecule has 0 rings (SSSR count). The third-order valence-corrected chi connectivity index (χ3v) is 1.73. The van der Waals surface area contributed by atoms with Crippen molar-refractivity contribution in [2.24, 2.45) is 0 Å². The van der Waals surface area contributed by atoms with Gasteiger partial charge in [0.15, 0.2) is 0 Å². The van der Waals surface area contributed by atoms with Crippen LogP contribution in [-0.4, -0.2) is 43.7 Å². The SMILES string of the molecule is CCOC(=O)NCC(C)(O)CCOC. The smallest absolute Gasteiger partial charge is 0.407 e. The van der Waals surface area contributed by atoms with Crippen LogP contribution >= 0.6 is 0 Å². The lowest BCUT2D eigenvalue weighted by atomic mass is 10.0. The molecule has 1 atom stereocenters. The number of nitrogens with one attached hydrogen (secondary N) is 1. The molecule has 0 aliphatic rings. The highest BCUT2D eigenvalue weighted by Crippen LogP contribution is 2.07. The summed E-state index contributed by atoms with van der Waals surface area (Å²) in [7, 11) is 1.56. The zero-order valence-electron chi connectivity index (χ0n) is 9.00. The molecule has 5 nitrogen and oxygen atoms in total. The fraction of sp³-hybridized carbons (Fsp3) is 0.889. The first-order chi connectivity index (χ1) is 6.52. The first-order valence-electron chi connectivity index (χ1n) is 4.64. The van der Waals surface area contributed by atoms with Crippen molar-refractivity contribution in [3.8, 4) is 0 Å². The Hall–Kier alpha value is -0.810. The quantitative estimate of drug-likeness (QED) is 0.663. The Labute approximate surface area is 84.4 Å². The minimum Gasteiger partial charge on any atom is -0.450 e. The first-order valence-corrected chi connectivity index (χ1v) is 4.64. The Kier molecular flexibility index (Phi) is 6.23. The van der Waals surface area contributed by atoms with Gasteiger partial charge in [-0.25, -0.2) is 4.79 Å². The number of hydrogen-bond donors (Lipinski definition) is 2. The van der Waals surface area contributed by atoms with E-state index in [-0.39, 0.29) is 6.54 Å². The Morgan fingerprint density at radius 1 is 1.57 bits per heavy atom. The van der Waals surface area contributed by atoms with Crippen LogP contribution in [0.3, 0.4) is 0 Å². The van der Waals surface area contributed by atoms with Gasteiger partial charge in [-0.2, -0.15) is 0 Å². The predicted octanol–water partition coefficient (Wildman–Crippen LogP) is 0.520. The van der Waals surface area contributed by atoms with Gasteiger partial charge in [0.2, 0.25) is 0 Å². The van der Waals surface area contributed by atoms with Crippen LogP contribution in [0, 0.1) is 0 Å². The summed E-state index contributed by atoms with van der Waals surface area (Å²) in [5.41, 5.74) is -0.956. The second-order valence-corrected chi connectivity index (χ2v) is 3.31. The van der Waals surface area contributed by atoms with Gasteiger partial charge < -0.3 is 19.9 Å². The first kappa shape index (κ1) is 13.2. The van der Waals surface area contributed by atoms with Gasteiger partial charge in [-0.1, -0.05) is 0 Å². The Balaban J connectivity index is 3.68. The predicted molar refractivity (Wildman–Crippen MR) is 52.1 cm³/mol. The number of alkyl carbamates (subject to hydrolysis) is 1. The zero-order chi connectivity index (χ0) is 11.0. The van der Waals surface area contributed by atoms with Crippen molar-refractivity contribution in [1.29, 1.82) is 0 Å². The normalized spacial score (nSPS) is 14.6. The second kappa shape index (κ2) is 6.62. The molecular formula is C9H19NO4. The standard InChI is InChI=1S/C9H19NO4/c1-4-14-8(11)10-7-9(2,12)5-6-13-3/h12H,4-7H2,1-3H3,(H,10,11). The van der Waals surface area contributed by atoms with Crippen molar-refractivity contribution in [2.75, 3.05) is 26.9 Å². The number of rotatable bonds is 6. The van der Waals surface area contributed by atoms with E-state index in [0.717, 1.165) is 0 Å². The van der Waals surface area contributed by atoms with Crippen LogP contribution in [0.25, 0.3) is 0 Å². The van der Waals surface area contributed by atoms with Crippen molar-refractivity contribution in [3.63, 3.8) is 0 Å². The van der Waals surface area contributed by atoms with E-state index < -0.39 is 11.7 Å². The molecule has 0 aliphatic carbocycles. The zero-order valence-corrected chi connectivity index (χ0v) is 9.00. The summed E-state index contributed by atoms with van der Waals surface area (Å²) in [4.78, 5) is 10.9. The molecule has 0 fully saturated rings. The number of carbonyl (C=O) groups is 1.